The minimum absolute atomic E-state index is 0.0458. The Hall–Kier alpha value is -0.930. The van der Waals surface area contributed by atoms with Crippen LogP contribution in [0.25, 0.3) is 0 Å². The standard InChI is InChI=1S/C15H24N2O/c1-11(12-7-6-8-16-10-12)17-13-9-14(2,3)18-15(13,4)5/h6-8,10-11,13,17H,9H2,1-5H3/t11-,13?/m0/s1. The van der Waals surface area contributed by atoms with Crippen LogP contribution in [0.5, 0.6) is 0 Å². The molecule has 1 fully saturated rings. The number of nitrogens with one attached hydrogen (secondary N) is 1. The Morgan fingerprint density at radius 2 is 2.11 bits per heavy atom. The predicted octanol–water partition coefficient (Wildman–Crippen LogP) is 3.08. The van der Waals surface area contributed by atoms with Crippen molar-refractivity contribution in [2.24, 2.45) is 0 Å². The molecular formula is C15H24N2O. The maximum Gasteiger partial charge on any atom is 0.0787 e. The van der Waals surface area contributed by atoms with Gasteiger partial charge in [-0.2, -0.15) is 0 Å². The molecule has 0 spiro atoms. The second kappa shape index (κ2) is 4.63. The van der Waals surface area contributed by atoms with E-state index in [1.54, 1.807) is 0 Å². The number of hydrogen-bond acceptors (Lipinski definition) is 3. The fourth-order valence-corrected chi connectivity index (χ4v) is 2.85. The van der Waals surface area contributed by atoms with E-state index in [2.05, 4.69) is 51.0 Å². The monoisotopic (exact) mass is 248 g/mol. The molecule has 3 heteroatoms. The fourth-order valence-electron chi connectivity index (χ4n) is 2.85. The number of nitrogens with zero attached hydrogens (tertiary/aromatic N) is 1. The highest BCUT2D eigenvalue weighted by Gasteiger charge is 2.46. The summed E-state index contributed by atoms with van der Waals surface area (Å²) >= 11 is 0. The van der Waals surface area contributed by atoms with E-state index in [-0.39, 0.29) is 11.2 Å². The van der Waals surface area contributed by atoms with Crippen molar-refractivity contribution in [1.82, 2.24) is 10.3 Å². The van der Waals surface area contributed by atoms with Gasteiger partial charge in [0, 0.05) is 24.5 Å². The van der Waals surface area contributed by atoms with Crippen LogP contribution in [-0.2, 0) is 4.74 Å². The van der Waals surface area contributed by atoms with Crippen molar-refractivity contribution in [1.29, 1.82) is 0 Å². The van der Waals surface area contributed by atoms with Crippen molar-refractivity contribution in [2.75, 3.05) is 0 Å². The van der Waals surface area contributed by atoms with Crippen LogP contribution in [0.2, 0.25) is 0 Å². The summed E-state index contributed by atoms with van der Waals surface area (Å²) in [6.07, 6.45) is 4.76. The topological polar surface area (TPSA) is 34.1 Å². The highest BCUT2D eigenvalue weighted by molar-refractivity contribution is 5.14. The molecule has 2 heterocycles. The Morgan fingerprint density at radius 1 is 1.39 bits per heavy atom. The Balaban J connectivity index is 2.06. The Kier molecular flexibility index (Phi) is 3.47. The molecule has 0 saturated carbocycles. The third-order valence-corrected chi connectivity index (χ3v) is 3.71. The van der Waals surface area contributed by atoms with E-state index in [0.717, 1.165) is 6.42 Å². The SMILES string of the molecule is C[C@H](NC1CC(C)(C)OC1(C)C)c1cccnc1. The van der Waals surface area contributed by atoms with E-state index < -0.39 is 0 Å². The first-order valence-corrected chi connectivity index (χ1v) is 6.66. The Labute approximate surface area is 110 Å². The lowest BCUT2D eigenvalue weighted by Gasteiger charge is -2.30. The maximum absolute atomic E-state index is 6.11. The van der Waals surface area contributed by atoms with Crippen molar-refractivity contribution < 1.29 is 4.74 Å². The smallest absolute Gasteiger partial charge is 0.0787 e. The zero-order valence-electron chi connectivity index (χ0n) is 12.0. The summed E-state index contributed by atoms with van der Waals surface area (Å²) in [7, 11) is 0. The van der Waals surface area contributed by atoms with Gasteiger partial charge >= 0.3 is 0 Å². The molecule has 3 nitrogen and oxygen atoms in total. The summed E-state index contributed by atoms with van der Waals surface area (Å²) in [6, 6.07) is 4.75. The van der Waals surface area contributed by atoms with Crippen LogP contribution >= 0.6 is 0 Å². The molecule has 1 aliphatic rings. The van der Waals surface area contributed by atoms with Crippen molar-refractivity contribution >= 4 is 0 Å². The maximum atomic E-state index is 6.11. The van der Waals surface area contributed by atoms with Gasteiger partial charge in [-0.15, -0.1) is 0 Å². The average Bonchev–Trinajstić information content (AvgIpc) is 2.48. The van der Waals surface area contributed by atoms with Crippen molar-refractivity contribution in [3.63, 3.8) is 0 Å². The first-order valence-electron chi connectivity index (χ1n) is 6.66. The summed E-state index contributed by atoms with van der Waals surface area (Å²) in [4.78, 5) is 4.17. The third-order valence-electron chi connectivity index (χ3n) is 3.71. The summed E-state index contributed by atoms with van der Waals surface area (Å²) in [5, 5.41) is 3.68. The molecule has 0 aliphatic carbocycles. The van der Waals surface area contributed by atoms with E-state index in [9.17, 15) is 0 Å². The van der Waals surface area contributed by atoms with E-state index in [1.165, 1.54) is 5.56 Å². The molecule has 1 aliphatic heterocycles. The molecule has 0 bridgehead atoms. The number of ether oxygens (including phenoxy) is 1. The van der Waals surface area contributed by atoms with Gasteiger partial charge in [0.15, 0.2) is 0 Å². The molecule has 1 aromatic heterocycles. The van der Waals surface area contributed by atoms with Gasteiger partial charge in [0.2, 0.25) is 0 Å². The van der Waals surface area contributed by atoms with Gasteiger partial charge in [0.1, 0.15) is 0 Å². The Bertz CT molecular complexity index is 400. The second-order valence-electron chi connectivity index (χ2n) is 6.40. The summed E-state index contributed by atoms with van der Waals surface area (Å²) < 4.78 is 6.11. The molecule has 1 aromatic rings. The van der Waals surface area contributed by atoms with Crippen LogP contribution in [0.1, 0.15) is 52.6 Å². The summed E-state index contributed by atoms with van der Waals surface area (Å²) in [6.45, 7) is 10.8. The van der Waals surface area contributed by atoms with Crippen LogP contribution in [0, 0.1) is 0 Å². The van der Waals surface area contributed by atoms with Crippen LogP contribution in [0.3, 0.4) is 0 Å². The first kappa shape index (κ1) is 13.5. The lowest BCUT2D eigenvalue weighted by Crippen LogP contribution is -2.44. The van der Waals surface area contributed by atoms with Crippen LogP contribution in [0.15, 0.2) is 24.5 Å². The van der Waals surface area contributed by atoms with Crippen molar-refractivity contribution in [3.05, 3.63) is 30.1 Å². The van der Waals surface area contributed by atoms with Crippen LogP contribution in [-0.4, -0.2) is 22.2 Å². The highest BCUT2D eigenvalue weighted by atomic mass is 16.5. The molecule has 2 atom stereocenters. The van der Waals surface area contributed by atoms with Gasteiger partial charge in [0.05, 0.1) is 11.2 Å². The van der Waals surface area contributed by atoms with E-state index in [4.69, 9.17) is 4.74 Å². The minimum Gasteiger partial charge on any atom is -0.368 e. The first-order chi connectivity index (χ1) is 8.30. The van der Waals surface area contributed by atoms with Crippen LogP contribution in [0.4, 0.5) is 0 Å². The van der Waals surface area contributed by atoms with Crippen LogP contribution < -0.4 is 5.32 Å². The second-order valence-corrected chi connectivity index (χ2v) is 6.40. The third kappa shape index (κ3) is 2.90. The summed E-state index contributed by atoms with van der Waals surface area (Å²) in [5.74, 6) is 0. The zero-order valence-corrected chi connectivity index (χ0v) is 12.0. The van der Waals surface area contributed by atoms with E-state index >= 15 is 0 Å². The van der Waals surface area contributed by atoms with E-state index in [1.807, 2.05) is 18.5 Å². The molecule has 1 saturated heterocycles. The largest absolute Gasteiger partial charge is 0.368 e. The normalized spacial score (nSPS) is 27.1. The van der Waals surface area contributed by atoms with Gasteiger partial charge < -0.3 is 10.1 Å². The molecule has 0 amide bonds. The molecular weight excluding hydrogens is 224 g/mol. The molecule has 0 aromatic carbocycles. The lowest BCUT2D eigenvalue weighted by molar-refractivity contribution is -0.0703. The lowest BCUT2D eigenvalue weighted by atomic mass is 9.93. The number of aromatic nitrogens is 1. The minimum atomic E-state index is -0.125. The molecule has 18 heavy (non-hydrogen) atoms. The van der Waals surface area contributed by atoms with Crippen molar-refractivity contribution in [3.8, 4) is 0 Å². The fraction of sp³-hybridized carbons (Fsp3) is 0.667. The highest BCUT2D eigenvalue weighted by Crippen LogP contribution is 2.38. The quantitative estimate of drug-likeness (QED) is 0.892. The van der Waals surface area contributed by atoms with Crippen molar-refractivity contribution in [2.45, 2.75) is 64.3 Å². The van der Waals surface area contributed by atoms with Gasteiger partial charge in [-0.05, 0) is 52.7 Å². The molecule has 2 rings (SSSR count). The molecule has 100 valence electrons. The van der Waals surface area contributed by atoms with Gasteiger partial charge in [0.25, 0.3) is 0 Å². The number of hydrogen-bond donors (Lipinski definition) is 1. The molecule has 1 unspecified atom stereocenters. The van der Waals surface area contributed by atoms with Gasteiger partial charge in [-0.1, -0.05) is 6.07 Å². The summed E-state index contributed by atoms with van der Waals surface area (Å²) in [5.41, 5.74) is 1.05. The number of pyridine rings is 1. The van der Waals surface area contributed by atoms with Gasteiger partial charge in [-0.25, -0.2) is 0 Å². The zero-order chi connectivity index (χ0) is 13.4. The molecule has 0 radical (unpaired) electrons. The Morgan fingerprint density at radius 3 is 2.61 bits per heavy atom. The molecule has 1 N–H and O–H groups in total. The van der Waals surface area contributed by atoms with E-state index in [0.29, 0.717) is 12.1 Å². The van der Waals surface area contributed by atoms with Gasteiger partial charge in [-0.3, -0.25) is 4.98 Å². The predicted molar refractivity (Wildman–Crippen MR) is 73.4 cm³/mol. The average molecular weight is 248 g/mol. The number of rotatable bonds is 3.